The lowest BCUT2D eigenvalue weighted by molar-refractivity contribution is -0.119. The Labute approximate surface area is 99.2 Å². The molecule has 1 aromatic rings. The summed E-state index contributed by atoms with van der Waals surface area (Å²) in [5.74, 6) is 0.782. The fourth-order valence-electron chi connectivity index (χ4n) is 1.38. The number of pyridine rings is 1. The molecule has 0 aliphatic carbocycles. The third kappa shape index (κ3) is 5.07. The largest absolute Gasteiger partial charge is 0.300 e. The molecule has 0 aliphatic rings. The van der Waals surface area contributed by atoms with Crippen molar-refractivity contribution in [3.8, 4) is 0 Å². The standard InChI is InChI=1S/C12H16BrNO/c1-9(2)7-12(15)6-5-11-4-3-10(13)8-14-11/h3-4,8-9H,5-7H2,1-2H3. The highest BCUT2D eigenvalue weighted by atomic mass is 79.9. The minimum absolute atomic E-state index is 0.328. The smallest absolute Gasteiger partial charge is 0.133 e. The number of rotatable bonds is 5. The van der Waals surface area contributed by atoms with Crippen molar-refractivity contribution in [3.63, 3.8) is 0 Å². The van der Waals surface area contributed by atoms with Crippen molar-refractivity contribution in [2.45, 2.75) is 33.1 Å². The van der Waals surface area contributed by atoms with E-state index in [-0.39, 0.29) is 0 Å². The van der Waals surface area contributed by atoms with Crippen molar-refractivity contribution in [1.29, 1.82) is 0 Å². The number of hydrogen-bond donors (Lipinski definition) is 0. The van der Waals surface area contributed by atoms with Crippen LogP contribution in [0.4, 0.5) is 0 Å². The zero-order valence-corrected chi connectivity index (χ0v) is 10.8. The molecule has 0 spiro atoms. The Kier molecular flexibility index (Phi) is 4.95. The van der Waals surface area contributed by atoms with Gasteiger partial charge in [-0.25, -0.2) is 0 Å². The first-order valence-electron chi connectivity index (χ1n) is 5.20. The third-order valence-corrected chi connectivity index (χ3v) is 2.55. The maximum absolute atomic E-state index is 11.5. The summed E-state index contributed by atoms with van der Waals surface area (Å²) in [6.45, 7) is 4.13. The molecular formula is C12H16BrNO. The molecule has 0 saturated heterocycles. The van der Waals surface area contributed by atoms with Crippen molar-refractivity contribution >= 4 is 21.7 Å². The predicted octanol–water partition coefficient (Wildman–Crippen LogP) is 3.39. The lowest BCUT2D eigenvalue weighted by Crippen LogP contribution is -2.04. The zero-order chi connectivity index (χ0) is 11.3. The number of nitrogens with zero attached hydrogens (tertiary/aromatic N) is 1. The predicted molar refractivity (Wildman–Crippen MR) is 64.7 cm³/mol. The van der Waals surface area contributed by atoms with Gasteiger partial charge in [-0.3, -0.25) is 9.78 Å². The third-order valence-electron chi connectivity index (χ3n) is 2.08. The summed E-state index contributed by atoms with van der Waals surface area (Å²) in [6.07, 6.45) is 3.80. The number of hydrogen-bond acceptors (Lipinski definition) is 2. The second-order valence-electron chi connectivity index (χ2n) is 4.10. The molecule has 0 bridgehead atoms. The molecule has 0 radical (unpaired) electrons. The Balaban J connectivity index is 2.37. The topological polar surface area (TPSA) is 30.0 Å². The SMILES string of the molecule is CC(C)CC(=O)CCc1ccc(Br)cn1. The van der Waals surface area contributed by atoms with Crippen molar-refractivity contribution in [1.82, 2.24) is 4.98 Å². The van der Waals surface area contributed by atoms with E-state index in [4.69, 9.17) is 0 Å². The average Bonchev–Trinajstić information content (AvgIpc) is 2.16. The molecule has 2 nitrogen and oxygen atoms in total. The Morgan fingerprint density at radius 1 is 1.47 bits per heavy atom. The highest BCUT2D eigenvalue weighted by Gasteiger charge is 2.05. The van der Waals surface area contributed by atoms with Crippen LogP contribution in [-0.2, 0) is 11.2 Å². The number of carbonyl (C=O) groups excluding carboxylic acids is 1. The molecule has 1 heterocycles. The highest BCUT2D eigenvalue weighted by molar-refractivity contribution is 9.10. The molecular weight excluding hydrogens is 254 g/mol. The Bertz CT molecular complexity index is 319. The quantitative estimate of drug-likeness (QED) is 0.820. The number of aromatic nitrogens is 1. The monoisotopic (exact) mass is 269 g/mol. The van der Waals surface area contributed by atoms with Crippen LogP contribution < -0.4 is 0 Å². The number of carbonyl (C=O) groups is 1. The molecule has 0 atom stereocenters. The maximum atomic E-state index is 11.5. The van der Waals surface area contributed by atoms with Crippen LogP contribution >= 0.6 is 15.9 Å². The van der Waals surface area contributed by atoms with Crippen molar-refractivity contribution < 1.29 is 4.79 Å². The lowest BCUT2D eigenvalue weighted by atomic mass is 10.0. The molecule has 1 rings (SSSR count). The van der Waals surface area contributed by atoms with E-state index in [1.807, 2.05) is 12.1 Å². The van der Waals surface area contributed by atoms with Crippen LogP contribution in [0.1, 0.15) is 32.4 Å². The number of aryl methyl sites for hydroxylation is 1. The second kappa shape index (κ2) is 6.01. The summed E-state index contributed by atoms with van der Waals surface area (Å²) in [4.78, 5) is 15.7. The minimum atomic E-state index is 0.328. The van der Waals surface area contributed by atoms with Gasteiger partial charge in [-0.05, 0) is 40.4 Å². The van der Waals surface area contributed by atoms with Gasteiger partial charge in [0, 0.05) is 29.2 Å². The van der Waals surface area contributed by atoms with Gasteiger partial charge in [-0.15, -0.1) is 0 Å². The van der Waals surface area contributed by atoms with Crippen LogP contribution in [0, 0.1) is 5.92 Å². The van der Waals surface area contributed by atoms with Gasteiger partial charge < -0.3 is 0 Å². The van der Waals surface area contributed by atoms with Crippen molar-refractivity contribution in [2.24, 2.45) is 5.92 Å². The number of halogens is 1. The van der Waals surface area contributed by atoms with E-state index in [0.29, 0.717) is 24.5 Å². The molecule has 0 N–H and O–H groups in total. The molecule has 0 saturated carbocycles. The van der Waals surface area contributed by atoms with Crippen LogP contribution in [0.25, 0.3) is 0 Å². The Morgan fingerprint density at radius 2 is 2.20 bits per heavy atom. The van der Waals surface area contributed by atoms with E-state index in [1.165, 1.54) is 0 Å². The van der Waals surface area contributed by atoms with Crippen LogP contribution in [0.15, 0.2) is 22.8 Å². The van der Waals surface area contributed by atoms with Gasteiger partial charge >= 0.3 is 0 Å². The van der Waals surface area contributed by atoms with Gasteiger partial charge in [-0.1, -0.05) is 13.8 Å². The van der Waals surface area contributed by atoms with Gasteiger partial charge in [0.2, 0.25) is 0 Å². The summed E-state index contributed by atoms with van der Waals surface area (Å²) in [5, 5.41) is 0. The first-order chi connectivity index (χ1) is 7.08. The van der Waals surface area contributed by atoms with E-state index < -0.39 is 0 Å². The Hall–Kier alpha value is -0.700. The molecule has 0 fully saturated rings. The first-order valence-corrected chi connectivity index (χ1v) is 5.99. The zero-order valence-electron chi connectivity index (χ0n) is 9.16. The fourth-order valence-corrected chi connectivity index (χ4v) is 1.61. The molecule has 0 aromatic carbocycles. The minimum Gasteiger partial charge on any atom is -0.300 e. The number of Topliss-reactive ketones (excluding diaryl/α,β-unsaturated/α-hetero) is 1. The lowest BCUT2D eigenvalue weighted by Gasteiger charge is -2.03. The van der Waals surface area contributed by atoms with Crippen molar-refractivity contribution in [3.05, 3.63) is 28.5 Å². The molecule has 82 valence electrons. The van der Waals surface area contributed by atoms with Gasteiger partial charge in [-0.2, -0.15) is 0 Å². The summed E-state index contributed by atoms with van der Waals surface area (Å²) < 4.78 is 0.972. The van der Waals surface area contributed by atoms with Gasteiger partial charge in [0.25, 0.3) is 0 Å². The van der Waals surface area contributed by atoms with E-state index in [0.717, 1.165) is 16.6 Å². The summed E-state index contributed by atoms with van der Waals surface area (Å²) in [7, 11) is 0. The van der Waals surface area contributed by atoms with Crippen LogP contribution in [-0.4, -0.2) is 10.8 Å². The number of ketones is 1. The Morgan fingerprint density at radius 3 is 2.73 bits per heavy atom. The molecule has 0 amide bonds. The summed E-state index contributed by atoms with van der Waals surface area (Å²) in [6, 6.07) is 3.90. The van der Waals surface area contributed by atoms with E-state index in [1.54, 1.807) is 6.20 Å². The average molecular weight is 270 g/mol. The second-order valence-corrected chi connectivity index (χ2v) is 5.02. The molecule has 3 heteroatoms. The highest BCUT2D eigenvalue weighted by Crippen LogP contribution is 2.10. The summed E-state index contributed by atoms with van der Waals surface area (Å²) in [5.41, 5.74) is 0.982. The molecule has 15 heavy (non-hydrogen) atoms. The molecule has 1 aromatic heterocycles. The van der Waals surface area contributed by atoms with Crippen LogP contribution in [0.5, 0.6) is 0 Å². The van der Waals surface area contributed by atoms with Gasteiger partial charge in [0.1, 0.15) is 5.78 Å². The maximum Gasteiger partial charge on any atom is 0.133 e. The van der Waals surface area contributed by atoms with E-state index >= 15 is 0 Å². The van der Waals surface area contributed by atoms with Gasteiger partial charge in [0.05, 0.1) is 0 Å². The summed E-state index contributed by atoms with van der Waals surface area (Å²) >= 11 is 3.33. The molecule has 0 unspecified atom stereocenters. The van der Waals surface area contributed by atoms with E-state index in [2.05, 4.69) is 34.8 Å². The normalized spacial score (nSPS) is 10.7. The van der Waals surface area contributed by atoms with Gasteiger partial charge in [0.15, 0.2) is 0 Å². The van der Waals surface area contributed by atoms with Crippen molar-refractivity contribution in [2.75, 3.05) is 0 Å². The first kappa shape index (κ1) is 12.4. The van der Waals surface area contributed by atoms with E-state index in [9.17, 15) is 4.79 Å². The van der Waals surface area contributed by atoms with Crippen LogP contribution in [0.3, 0.4) is 0 Å². The molecule has 0 aliphatic heterocycles. The fraction of sp³-hybridized carbons (Fsp3) is 0.500. The van der Waals surface area contributed by atoms with Crippen LogP contribution in [0.2, 0.25) is 0 Å².